The average molecular weight is 280 g/mol. The lowest BCUT2D eigenvalue weighted by Crippen LogP contribution is -2.56. The summed E-state index contributed by atoms with van der Waals surface area (Å²) in [6.07, 6.45) is 9.74. The molecule has 0 spiro atoms. The van der Waals surface area contributed by atoms with E-state index in [4.69, 9.17) is 9.47 Å². The second-order valence-electron chi connectivity index (χ2n) is 8.22. The smallest absolute Gasteiger partial charge is 0.157 e. The van der Waals surface area contributed by atoms with Gasteiger partial charge in [-0.3, -0.25) is 0 Å². The van der Waals surface area contributed by atoms with Crippen LogP contribution < -0.4 is 0 Å². The predicted octanol–water partition coefficient (Wildman–Crippen LogP) is 4.77. The highest BCUT2D eigenvalue weighted by molar-refractivity contribution is 5.04. The van der Waals surface area contributed by atoms with Crippen LogP contribution in [0.5, 0.6) is 0 Å². The third-order valence-corrected chi connectivity index (χ3v) is 6.70. The van der Waals surface area contributed by atoms with E-state index >= 15 is 0 Å². The molecule has 5 atom stereocenters. The summed E-state index contributed by atoms with van der Waals surface area (Å²) in [7, 11) is 0. The van der Waals surface area contributed by atoms with E-state index in [1.165, 1.54) is 38.5 Å². The molecule has 2 aliphatic carbocycles. The van der Waals surface area contributed by atoms with Gasteiger partial charge in [-0.1, -0.05) is 27.2 Å². The minimum absolute atomic E-state index is 0.0676. The number of rotatable bonds is 2. The summed E-state index contributed by atoms with van der Waals surface area (Å²) in [6, 6.07) is 0. The van der Waals surface area contributed by atoms with Crippen molar-refractivity contribution in [2.75, 3.05) is 6.61 Å². The quantitative estimate of drug-likeness (QED) is 0.725. The van der Waals surface area contributed by atoms with Gasteiger partial charge in [-0.15, -0.1) is 0 Å². The van der Waals surface area contributed by atoms with E-state index in [2.05, 4.69) is 27.7 Å². The molecule has 0 N–H and O–H groups in total. The summed E-state index contributed by atoms with van der Waals surface area (Å²) in [6.45, 7) is 10.4. The minimum Gasteiger partial charge on any atom is -0.353 e. The monoisotopic (exact) mass is 280 g/mol. The topological polar surface area (TPSA) is 18.5 Å². The first-order valence-electron chi connectivity index (χ1n) is 8.74. The Labute approximate surface area is 124 Å². The first-order valence-corrected chi connectivity index (χ1v) is 8.74. The van der Waals surface area contributed by atoms with Gasteiger partial charge in [-0.2, -0.15) is 0 Å². The van der Waals surface area contributed by atoms with Gasteiger partial charge in [0.1, 0.15) is 0 Å². The maximum absolute atomic E-state index is 6.29. The summed E-state index contributed by atoms with van der Waals surface area (Å²) < 4.78 is 12.0. The fourth-order valence-electron chi connectivity index (χ4n) is 5.85. The molecule has 3 fully saturated rings. The van der Waals surface area contributed by atoms with Crippen LogP contribution in [0.3, 0.4) is 0 Å². The molecule has 0 aromatic carbocycles. The van der Waals surface area contributed by atoms with Crippen LogP contribution in [0.2, 0.25) is 0 Å². The Bertz CT molecular complexity index is 351. The van der Waals surface area contributed by atoms with E-state index in [0.717, 1.165) is 24.9 Å². The first kappa shape index (κ1) is 14.8. The van der Waals surface area contributed by atoms with Crippen molar-refractivity contribution in [3.63, 3.8) is 0 Å². The van der Waals surface area contributed by atoms with Crippen molar-refractivity contribution in [3.8, 4) is 0 Å². The normalized spacial score (nSPS) is 47.4. The van der Waals surface area contributed by atoms with Crippen LogP contribution in [0.25, 0.3) is 0 Å². The number of hydrogen-bond donors (Lipinski definition) is 0. The van der Waals surface area contributed by atoms with Crippen LogP contribution in [-0.4, -0.2) is 19.0 Å². The Balaban J connectivity index is 1.78. The van der Waals surface area contributed by atoms with Crippen LogP contribution >= 0.6 is 0 Å². The molecule has 0 bridgehead atoms. The van der Waals surface area contributed by atoms with E-state index in [1.807, 2.05) is 0 Å². The molecule has 0 radical (unpaired) electrons. The number of ether oxygens (including phenoxy) is 2. The first-order chi connectivity index (χ1) is 9.47. The fourth-order valence-corrected chi connectivity index (χ4v) is 5.85. The Morgan fingerprint density at radius 1 is 1.05 bits per heavy atom. The third kappa shape index (κ3) is 2.33. The van der Waals surface area contributed by atoms with Gasteiger partial charge in [0.05, 0.1) is 6.10 Å². The molecule has 3 aliphatic rings. The van der Waals surface area contributed by atoms with E-state index < -0.39 is 0 Å². The summed E-state index contributed by atoms with van der Waals surface area (Å²) >= 11 is 0. The Morgan fingerprint density at radius 3 is 2.60 bits per heavy atom. The van der Waals surface area contributed by atoms with Gasteiger partial charge in [0.15, 0.2) is 6.29 Å². The zero-order valence-corrected chi connectivity index (χ0v) is 13.8. The molecular weight excluding hydrogens is 248 g/mol. The zero-order valence-electron chi connectivity index (χ0n) is 13.8. The highest BCUT2D eigenvalue weighted by atomic mass is 16.7. The van der Waals surface area contributed by atoms with Crippen LogP contribution in [-0.2, 0) is 9.47 Å². The van der Waals surface area contributed by atoms with Crippen molar-refractivity contribution < 1.29 is 9.47 Å². The van der Waals surface area contributed by atoms with Crippen molar-refractivity contribution >= 4 is 0 Å². The summed E-state index contributed by atoms with van der Waals surface area (Å²) in [5.74, 6) is 1.65. The van der Waals surface area contributed by atoms with Gasteiger partial charge >= 0.3 is 0 Å². The van der Waals surface area contributed by atoms with E-state index in [9.17, 15) is 0 Å². The summed E-state index contributed by atoms with van der Waals surface area (Å²) in [5.41, 5.74) is 1.02. The maximum atomic E-state index is 6.29. The van der Waals surface area contributed by atoms with Gasteiger partial charge in [-0.05, 0) is 68.1 Å². The van der Waals surface area contributed by atoms with Crippen LogP contribution in [0.4, 0.5) is 0 Å². The van der Waals surface area contributed by atoms with Crippen molar-refractivity contribution in [1.82, 2.24) is 0 Å². The standard InChI is InChI=1S/C18H32O2/c1-5-19-16-10-7-13-14(20-16)8-9-15-17(2,3)11-6-12-18(13,15)4/h13-16H,5-12H2,1-4H3/t13?,14-,15?,16?,18-/m1/s1. The van der Waals surface area contributed by atoms with Gasteiger partial charge < -0.3 is 9.47 Å². The van der Waals surface area contributed by atoms with E-state index in [0.29, 0.717) is 16.9 Å². The Morgan fingerprint density at radius 2 is 1.85 bits per heavy atom. The summed E-state index contributed by atoms with van der Waals surface area (Å²) in [4.78, 5) is 0. The fraction of sp³-hybridized carbons (Fsp3) is 1.00. The molecule has 116 valence electrons. The second kappa shape index (κ2) is 5.28. The van der Waals surface area contributed by atoms with E-state index in [1.54, 1.807) is 0 Å². The molecule has 2 heteroatoms. The molecule has 3 rings (SSSR count). The molecule has 1 saturated heterocycles. The maximum Gasteiger partial charge on any atom is 0.157 e. The molecule has 20 heavy (non-hydrogen) atoms. The van der Waals surface area contributed by atoms with Crippen molar-refractivity contribution in [2.45, 2.75) is 85.0 Å². The highest BCUT2D eigenvalue weighted by Gasteiger charge is 2.56. The zero-order chi connectivity index (χ0) is 14.4. The lowest BCUT2D eigenvalue weighted by Gasteiger charge is -2.60. The average Bonchev–Trinajstić information content (AvgIpc) is 2.38. The van der Waals surface area contributed by atoms with Crippen molar-refractivity contribution in [2.24, 2.45) is 22.7 Å². The molecule has 0 aromatic heterocycles. The molecule has 2 saturated carbocycles. The number of hydrogen-bond acceptors (Lipinski definition) is 2. The second-order valence-corrected chi connectivity index (χ2v) is 8.22. The van der Waals surface area contributed by atoms with Crippen molar-refractivity contribution in [3.05, 3.63) is 0 Å². The van der Waals surface area contributed by atoms with Crippen LogP contribution in [0, 0.1) is 22.7 Å². The molecule has 1 heterocycles. The molecule has 0 aromatic rings. The summed E-state index contributed by atoms with van der Waals surface area (Å²) in [5, 5.41) is 0. The number of fused-ring (bicyclic) bond motifs is 3. The van der Waals surface area contributed by atoms with Crippen LogP contribution in [0.15, 0.2) is 0 Å². The van der Waals surface area contributed by atoms with Crippen LogP contribution in [0.1, 0.15) is 72.6 Å². The SMILES string of the molecule is CCOC1CCC2[C@@H](CCC3C(C)(C)CCC[C@]23C)O1. The molecule has 3 unspecified atom stereocenters. The van der Waals surface area contributed by atoms with Gasteiger partial charge in [0, 0.05) is 6.61 Å². The van der Waals surface area contributed by atoms with Gasteiger partial charge in [0.2, 0.25) is 0 Å². The third-order valence-electron chi connectivity index (χ3n) is 6.70. The Kier molecular flexibility index (Phi) is 3.92. The molecule has 1 aliphatic heterocycles. The highest BCUT2D eigenvalue weighted by Crippen LogP contribution is 2.62. The van der Waals surface area contributed by atoms with Crippen molar-refractivity contribution in [1.29, 1.82) is 0 Å². The largest absolute Gasteiger partial charge is 0.353 e. The Hall–Kier alpha value is -0.0800. The molecule has 2 nitrogen and oxygen atoms in total. The minimum atomic E-state index is 0.0676. The van der Waals surface area contributed by atoms with Gasteiger partial charge in [0.25, 0.3) is 0 Å². The molecular formula is C18H32O2. The lowest BCUT2D eigenvalue weighted by molar-refractivity contribution is -0.250. The lowest BCUT2D eigenvalue weighted by atomic mass is 9.47. The van der Waals surface area contributed by atoms with E-state index in [-0.39, 0.29) is 6.29 Å². The van der Waals surface area contributed by atoms with Gasteiger partial charge in [-0.25, -0.2) is 0 Å². The predicted molar refractivity (Wildman–Crippen MR) is 81.5 cm³/mol. The molecule has 0 amide bonds.